The first-order valence-corrected chi connectivity index (χ1v) is 4.80. The van der Waals surface area contributed by atoms with Crippen LogP contribution in [0.15, 0.2) is 27.4 Å². The molecule has 0 spiro atoms. The zero-order valence-electron chi connectivity index (χ0n) is 7.55. The number of hydrogen-bond acceptors (Lipinski definition) is 5. The van der Waals surface area contributed by atoms with Gasteiger partial charge in [0, 0.05) is 15.9 Å². The lowest BCUT2D eigenvalue weighted by Crippen LogP contribution is -1.93. The molecule has 82 valence electrons. The first-order valence-electron chi connectivity index (χ1n) is 4.01. The Bertz CT molecular complexity index is 557. The van der Waals surface area contributed by atoms with Gasteiger partial charge in [-0.05, 0) is 12.1 Å². The summed E-state index contributed by atoms with van der Waals surface area (Å²) in [6.07, 6.45) is 0. The van der Waals surface area contributed by atoms with Crippen LogP contribution in [0.5, 0.6) is 0 Å². The van der Waals surface area contributed by atoms with E-state index in [0.29, 0.717) is 0 Å². The highest BCUT2D eigenvalue weighted by molar-refractivity contribution is 9.10. The molecule has 16 heavy (non-hydrogen) atoms. The van der Waals surface area contributed by atoms with Gasteiger partial charge in [0.05, 0.1) is 11.0 Å². The zero-order chi connectivity index (χ0) is 11.7. The number of nitro groups is 1. The Hall–Kier alpha value is -1.83. The number of aromatic nitrogens is 2. The minimum absolute atomic E-state index is 0.0430. The number of nitrogens with zero attached hydrogens (tertiary/aromatic N) is 3. The van der Waals surface area contributed by atoms with Crippen molar-refractivity contribution in [3.63, 3.8) is 0 Å². The van der Waals surface area contributed by atoms with Crippen molar-refractivity contribution in [1.29, 1.82) is 0 Å². The first kappa shape index (κ1) is 10.7. The van der Waals surface area contributed by atoms with Gasteiger partial charge in [0.1, 0.15) is 11.4 Å². The van der Waals surface area contributed by atoms with E-state index in [1.165, 1.54) is 6.07 Å². The van der Waals surface area contributed by atoms with Gasteiger partial charge in [0.15, 0.2) is 0 Å². The molecule has 1 aromatic heterocycles. The van der Waals surface area contributed by atoms with E-state index in [9.17, 15) is 14.5 Å². The van der Waals surface area contributed by atoms with Crippen molar-refractivity contribution in [2.45, 2.75) is 0 Å². The van der Waals surface area contributed by atoms with E-state index in [0.717, 1.165) is 12.1 Å². The van der Waals surface area contributed by atoms with Crippen LogP contribution in [0.2, 0.25) is 0 Å². The maximum Gasteiger partial charge on any atom is 0.285 e. The Kier molecular flexibility index (Phi) is 2.65. The van der Waals surface area contributed by atoms with E-state index >= 15 is 0 Å². The molecule has 0 radical (unpaired) electrons. The molecule has 0 aliphatic carbocycles. The summed E-state index contributed by atoms with van der Waals surface area (Å²) in [5.74, 6) is -0.743. The van der Waals surface area contributed by atoms with Crippen molar-refractivity contribution in [2.75, 3.05) is 0 Å². The fourth-order valence-corrected chi connectivity index (χ4v) is 1.38. The van der Waals surface area contributed by atoms with Crippen molar-refractivity contribution in [3.05, 3.63) is 38.9 Å². The number of halogens is 2. The highest BCUT2D eigenvalue weighted by Crippen LogP contribution is 2.30. The molecular weight excluding hydrogens is 285 g/mol. The predicted molar refractivity (Wildman–Crippen MR) is 54.0 cm³/mol. The Morgan fingerprint density at radius 2 is 2.19 bits per heavy atom. The summed E-state index contributed by atoms with van der Waals surface area (Å²) in [6, 6.07) is 3.10. The van der Waals surface area contributed by atoms with E-state index in [1.54, 1.807) is 0 Å². The predicted octanol–water partition coefficient (Wildman–Crippen LogP) is 2.55. The Morgan fingerprint density at radius 3 is 2.75 bits per heavy atom. The van der Waals surface area contributed by atoms with Crippen molar-refractivity contribution in [2.24, 2.45) is 0 Å². The number of rotatable bonds is 2. The van der Waals surface area contributed by atoms with Crippen LogP contribution in [-0.2, 0) is 0 Å². The quantitative estimate of drug-likeness (QED) is 0.626. The van der Waals surface area contributed by atoms with Gasteiger partial charge in [-0.2, -0.15) is 0 Å². The monoisotopic (exact) mass is 287 g/mol. The van der Waals surface area contributed by atoms with Crippen LogP contribution in [0, 0.1) is 15.9 Å². The zero-order valence-corrected chi connectivity index (χ0v) is 9.14. The lowest BCUT2D eigenvalue weighted by atomic mass is 10.2. The van der Waals surface area contributed by atoms with Crippen molar-refractivity contribution < 1.29 is 13.7 Å². The second kappa shape index (κ2) is 3.97. The third-order valence-corrected chi connectivity index (χ3v) is 2.11. The molecule has 0 atom stereocenters. The minimum atomic E-state index is -0.712. The second-order valence-corrected chi connectivity index (χ2v) is 3.46. The van der Waals surface area contributed by atoms with Crippen LogP contribution >= 0.6 is 15.9 Å². The molecule has 0 unspecified atom stereocenters. The Balaban J connectivity index is 2.60. The molecule has 0 aliphatic rings. The highest BCUT2D eigenvalue weighted by atomic mass is 79.9. The van der Waals surface area contributed by atoms with Gasteiger partial charge in [-0.15, -0.1) is 10.2 Å². The minimum Gasteiger partial charge on any atom is -0.411 e. The summed E-state index contributed by atoms with van der Waals surface area (Å²) in [7, 11) is 0. The molecule has 2 rings (SSSR count). The third-order valence-electron chi connectivity index (χ3n) is 1.79. The molecule has 0 N–H and O–H groups in total. The van der Waals surface area contributed by atoms with E-state index in [1.807, 2.05) is 0 Å². The molecule has 0 fully saturated rings. The van der Waals surface area contributed by atoms with Crippen molar-refractivity contribution >= 4 is 21.6 Å². The van der Waals surface area contributed by atoms with Gasteiger partial charge < -0.3 is 4.42 Å². The maximum absolute atomic E-state index is 12.8. The molecule has 0 bridgehead atoms. The van der Waals surface area contributed by atoms with Crippen molar-refractivity contribution in [3.8, 4) is 11.5 Å². The second-order valence-electron chi connectivity index (χ2n) is 2.78. The van der Waals surface area contributed by atoms with Gasteiger partial charge in [0.25, 0.3) is 16.4 Å². The van der Waals surface area contributed by atoms with E-state index in [2.05, 4.69) is 26.1 Å². The smallest absolute Gasteiger partial charge is 0.285 e. The molecule has 2 aromatic rings. The summed E-state index contributed by atoms with van der Waals surface area (Å²) in [6.45, 7) is 0. The molecule has 0 saturated heterocycles. The number of hydrogen-bond donors (Lipinski definition) is 0. The van der Waals surface area contributed by atoms with Crippen molar-refractivity contribution in [1.82, 2.24) is 10.2 Å². The van der Waals surface area contributed by atoms with Gasteiger partial charge >= 0.3 is 0 Å². The average Bonchev–Trinajstić information content (AvgIpc) is 2.64. The molecule has 1 aromatic carbocycles. The lowest BCUT2D eigenvalue weighted by Gasteiger charge is -1.97. The summed E-state index contributed by atoms with van der Waals surface area (Å²) < 4.78 is 17.8. The molecule has 0 saturated carbocycles. The fourth-order valence-electron chi connectivity index (χ4n) is 1.15. The van der Waals surface area contributed by atoms with E-state index < -0.39 is 16.4 Å². The number of nitro benzene ring substituents is 1. The molecular formula is C8H3BrFN3O3. The van der Waals surface area contributed by atoms with Crippen LogP contribution in [-0.4, -0.2) is 15.1 Å². The summed E-state index contributed by atoms with van der Waals surface area (Å²) in [5.41, 5.74) is -0.347. The average molecular weight is 288 g/mol. The molecule has 6 nitrogen and oxygen atoms in total. The van der Waals surface area contributed by atoms with Gasteiger partial charge in [0.2, 0.25) is 0 Å². The van der Waals surface area contributed by atoms with Crippen LogP contribution in [0.25, 0.3) is 11.5 Å². The van der Waals surface area contributed by atoms with E-state index in [4.69, 9.17) is 4.42 Å². The number of benzene rings is 1. The van der Waals surface area contributed by atoms with Gasteiger partial charge in [-0.25, -0.2) is 4.39 Å². The Labute approximate surface area is 96.4 Å². The maximum atomic E-state index is 12.8. The standard InChI is InChI=1S/C8H3BrFN3O3/c9-8-12-11-7(16-8)5-2-1-4(10)3-6(5)13(14)15/h1-3H. The molecule has 8 heteroatoms. The van der Waals surface area contributed by atoms with Crippen LogP contribution in [0.3, 0.4) is 0 Å². The first-order chi connectivity index (χ1) is 7.58. The summed E-state index contributed by atoms with van der Waals surface area (Å²) in [4.78, 5) is 10.1. The lowest BCUT2D eigenvalue weighted by molar-refractivity contribution is -0.384. The van der Waals surface area contributed by atoms with Crippen LogP contribution < -0.4 is 0 Å². The molecule has 0 amide bonds. The summed E-state index contributed by atoms with van der Waals surface area (Å²) in [5, 5.41) is 17.8. The highest BCUT2D eigenvalue weighted by Gasteiger charge is 2.20. The van der Waals surface area contributed by atoms with Crippen LogP contribution in [0.4, 0.5) is 10.1 Å². The van der Waals surface area contributed by atoms with Crippen LogP contribution in [0.1, 0.15) is 0 Å². The normalized spacial score (nSPS) is 10.4. The fraction of sp³-hybridized carbons (Fsp3) is 0. The SMILES string of the molecule is O=[N+]([O-])c1cc(F)ccc1-c1nnc(Br)o1. The Morgan fingerprint density at radius 1 is 1.44 bits per heavy atom. The third kappa shape index (κ3) is 1.91. The topological polar surface area (TPSA) is 82.1 Å². The molecule has 1 heterocycles. The van der Waals surface area contributed by atoms with E-state index in [-0.39, 0.29) is 16.3 Å². The van der Waals surface area contributed by atoms with Gasteiger partial charge in [-0.1, -0.05) is 0 Å². The summed E-state index contributed by atoms with van der Waals surface area (Å²) >= 11 is 2.92. The van der Waals surface area contributed by atoms with Gasteiger partial charge in [-0.3, -0.25) is 10.1 Å². The molecule has 0 aliphatic heterocycles. The largest absolute Gasteiger partial charge is 0.411 e.